The molecular formula is C23H27ClN4O. The zero-order valence-corrected chi connectivity index (χ0v) is 17.8. The molecule has 5 nitrogen and oxygen atoms in total. The van der Waals surface area contributed by atoms with Crippen LogP contribution in [0, 0.1) is 13.8 Å². The van der Waals surface area contributed by atoms with Crippen molar-refractivity contribution in [3.05, 3.63) is 59.4 Å². The average molecular weight is 411 g/mol. The zero-order valence-electron chi connectivity index (χ0n) is 16.9. The van der Waals surface area contributed by atoms with E-state index in [0.29, 0.717) is 11.2 Å². The van der Waals surface area contributed by atoms with Crippen LogP contribution in [0.3, 0.4) is 0 Å². The molecule has 1 amide bonds. The lowest BCUT2D eigenvalue weighted by molar-refractivity contribution is 0.0762. The Balaban J connectivity index is 0.00000240. The minimum Gasteiger partial charge on any atom is -0.354 e. The molecule has 1 fully saturated rings. The van der Waals surface area contributed by atoms with Gasteiger partial charge in [0.05, 0.1) is 11.3 Å². The average Bonchev–Trinajstić information content (AvgIpc) is 2.98. The minimum atomic E-state index is 0. The Hall–Kier alpha value is -2.66. The molecular weight excluding hydrogens is 384 g/mol. The van der Waals surface area contributed by atoms with Crippen molar-refractivity contribution in [1.29, 1.82) is 0 Å². The fourth-order valence-electron chi connectivity index (χ4n) is 3.76. The Labute approximate surface area is 178 Å². The molecule has 0 unspecified atom stereocenters. The van der Waals surface area contributed by atoms with Gasteiger partial charge in [0.25, 0.3) is 5.91 Å². The summed E-state index contributed by atoms with van der Waals surface area (Å²) in [6, 6.07) is 12.1. The summed E-state index contributed by atoms with van der Waals surface area (Å²) in [5.74, 6) is 0.0490. The van der Waals surface area contributed by atoms with E-state index in [1.54, 1.807) is 6.20 Å². The van der Waals surface area contributed by atoms with Crippen LogP contribution in [0.25, 0.3) is 11.0 Å². The van der Waals surface area contributed by atoms with Crippen molar-refractivity contribution in [2.45, 2.75) is 39.5 Å². The smallest absolute Gasteiger partial charge is 0.257 e. The van der Waals surface area contributed by atoms with Crippen molar-refractivity contribution in [2.75, 3.05) is 18.4 Å². The molecule has 0 radical (unpaired) electrons. The standard InChI is InChI=1S/C23H26N4O.ClH/c1-16-9-5-6-10-20(16)26-21-18-12-11-17(2)25-22(18)24-15-19(21)23(28)27-13-7-3-4-8-14-27;/h5-6,9-12,15H,3-4,7-8,13-14H2,1-2H3,(H,24,25,26);1H. The number of amides is 1. The predicted molar refractivity (Wildman–Crippen MR) is 120 cm³/mol. The molecule has 0 saturated carbocycles. The Morgan fingerprint density at radius 1 is 1.00 bits per heavy atom. The van der Waals surface area contributed by atoms with Crippen LogP contribution in [0.4, 0.5) is 11.4 Å². The van der Waals surface area contributed by atoms with Crippen molar-refractivity contribution in [1.82, 2.24) is 14.9 Å². The van der Waals surface area contributed by atoms with Gasteiger partial charge in [-0.2, -0.15) is 0 Å². The number of para-hydroxylation sites is 1. The van der Waals surface area contributed by atoms with Gasteiger partial charge < -0.3 is 10.2 Å². The molecule has 2 aromatic heterocycles. The molecule has 4 rings (SSSR count). The summed E-state index contributed by atoms with van der Waals surface area (Å²) in [5.41, 5.74) is 5.09. The maximum atomic E-state index is 13.4. The van der Waals surface area contributed by atoms with Crippen LogP contribution in [0.1, 0.15) is 47.3 Å². The first-order valence-corrected chi connectivity index (χ1v) is 10.0. The number of hydrogen-bond acceptors (Lipinski definition) is 4. The number of carbonyl (C=O) groups excluding carboxylic acids is 1. The number of likely N-dealkylation sites (tertiary alicyclic amines) is 1. The molecule has 29 heavy (non-hydrogen) atoms. The summed E-state index contributed by atoms with van der Waals surface area (Å²) in [6.07, 6.45) is 6.19. The first-order valence-electron chi connectivity index (χ1n) is 10.0. The fourth-order valence-corrected chi connectivity index (χ4v) is 3.76. The quantitative estimate of drug-likeness (QED) is 0.625. The Kier molecular flexibility index (Phi) is 6.70. The molecule has 6 heteroatoms. The first-order chi connectivity index (χ1) is 13.6. The maximum absolute atomic E-state index is 13.4. The number of hydrogen-bond donors (Lipinski definition) is 1. The number of nitrogens with one attached hydrogen (secondary N) is 1. The summed E-state index contributed by atoms with van der Waals surface area (Å²) in [7, 11) is 0. The van der Waals surface area contributed by atoms with Crippen molar-refractivity contribution in [3.63, 3.8) is 0 Å². The van der Waals surface area contributed by atoms with E-state index in [0.717, 1.165) is 53.9 Å². The third kappa shape index (κ3) is 4.51. The Bertz CT molecular complexity index is 1010. The van der Waals surface area contributed by atoms with E-state index >= 15 is 0 Å². The lowest BCUT2D eigenvalue weighted by Crippen LogP contribution is -2.32. The largest absolute Gasteiger partial charge is 0.354 e. The van der Waals surface area contributed by atoms with Gasteiger partial charge in [-0.25, -0.2) is 9.97 Å². The van der Waals surface area contributed by atoms with Crippen LogP contribution in [0.15, 0.2) is 42.6 Å². The topological polar surface area (TPSA) is 58.1 Å². The van der Waals surface area contributed by atoms with Crippen LogP contribution >= 0.6 is 12.4 Å². The normalized spacial score (nSPS) is 14.2. The summed E-state index contributed by atoms with van der Waals surface area (Å²) < 4.78 is 0. The van der Waals surface area contributed by atoms with Gasteiger partial charge in [-0.15, -0.1) is 12.4 Å². The number of rotatable bonds is 3. The Morgan fingerprint density at radius 3 is 2.45 bits per heavy atom. The highest BCUT2D eigenvalue weighted by Crippen LogP contribution is 2.31. The van der Waals surface area contributed by atoms with E-state index in [1.807, 2.05) is 42.2 Å². The molecule has 1 saturated heterocycles. The number of benzene rings is 1. The molecule has 1 aliphatic rings. The van der Waals surface area contributed by atoms with Gasteiger partial charge in [-0.3, -0.25) is 4.79 Å². The highest BCUT2D eigenvalue weighted by molar-refractivity contribution is 6.07. The number of anilines is 2. The molecule has 3 heterocycles. The van der Waals surface area contributed by atoms with Gasteiger partial charge in [0, 0.05) is 36.1 Å². The third-order valence-corrected chi connectivity index (χ3v) is 5.40. The van der Waals surface area contributed by atoms with E-state index < -0.39 is 0 Å². The van der Waals surface area contributed by atoms with Crippen molar-refractivity contribution in [2.24, 2.45) is 0 Å². The van der Waals surface area contributed by atoms with Gasteiger partial charge in [-0.05, 0) is 50.5 Å². The molecule has 0 atom stereocenters. The predicted octanol–water partition coefficient (Wildman–Crippen LogP) is 5.43. The van der Waals surface area contributed by atoms with Gasteiger partial charge in [-0.1, -0.05) is 31.0 Å². The van der Waals surface area contributed by atoms with Crippen molar-refractivity contribution in [3.8, 4) is 0 Å². The molecule has 1 N–H and O–H groups in total. The number of aromatic nitrogens is 2. The molecule has 0 spiro atoms. The number of carbonyl (C=O) groups is 1. The number of aryl methyl sites for hydroxylation is 2. The highest BCUT2D eigenvalue weighted by Gasteiger charge is 2.23. The van der Waals surface area contributed by atoms with E-state index in [9.17, 15) is 4.79 Å². The van der Waals surface area contributed by atoms with E-state index in [1.165, 1.54) is 12.8 Å². The lowest BCUT2D eigenvalue weighted by atomic mass is 10.1. The van der Waals surface area contributed by atoms with E-state index in [2.05, 4.69) is 28.3 Å². The number of pyridine rings is 2. The van der Waals surface area contributed by atoms with Crippen LogP contribution in [0.5, 0.6) is 0 Å². The van der Waals surface area contributed by atoms with Crippen LogP contribution < -0.4 is 5.32 Å². The van der Waals surface area contributed by atoms with Crippen LogP contribution in [-0.4, -0.2) is 33.9 Å². The van der Waals surface area contributed by atoms with Gasteiger partial charge in [0.1, 0.15) is 0 Å². The lowest BCUT2D eigenvalue weighted by Gasteiger charge is -2.23. The first kappa shape index (κ1) is 21.1. The Morgan fingerprint density at radius 2 is 1.72 bits per heavy atom. The molecule has 152 valence electrons. The zero-order chi connectivity index (χ0) is 19.5. The molecule has 1 aliphatic heterocycles. The third-order valence-electron chi connectivity index (χ3n) is 5.40. The highest BCUT2D eigenvalue weighted by atomic mass is 35.5. The molecule has 1 aromatic carbocycles. The van der Waals surface area contributed by atoms with Gasteiger partial charge in [0.2, 0.25) is 0 Å². The number of halogens is 1. The van der Waals surface area contributed by atoms with Crippen LogP contribution in [0.2, 0.25) is 0 Å². The maximum Gasteiger partial charge on any atom is 0.257 e. The van der Waals surface area contributed by atoms with E-state index in [-0.39, 0.29) is 18.3 Å². The number of nitrogens with zero attached hydrogens (tertiary/aromatic N) is 3. The monoisotopic (exact) mass is 410 g/mol. The number of fused-ring (bicyclic) bond motifs is 1. The van der Waals surface area contributed by atoms with Crippen molar-refractivity contribution >= 4 is 40.7 Å². The second-order valence-corrected chi connectivity index (χ2v) is 7.52. The molecule has 0 bridgehead atoms. The second-order valence-electron chi connectivity index (χ2n) is 7.52. The summed E-state index contributed by atoms with van der Waals surface area (Å²) in [5, 5.41) is 4.38. The fraction of sp³-hybridized carbons (Fsp3) is 0.348. The van der Waals surface area contributed by atoms with Crippen molar-refractivity contribution < 1.29 is 4.79 Å². The van der Waals surface area contributed by atoms with E-state index in [4.69, 9.17) is 0 Å². The summed E-state index contributed by atoms with van der Waals surface area (Å²) in [6.45, 7) is 5.63. The van der Waals surface area contributed by atoms with Gasteiger partial charge in [0.15, 0.2) is 5.65 Å². The molecule has 0 aliphatic carbocycles. The molecule has 3 aromatic rings. The van der Waals surface area contributed by atoms with Gasteiger partial charge >= 0.3 is 0 Å². The summed E-state index contributed by atoms with van der Waals surface area (Å²) >= 11 is 0. The van der Waals surface area contributed by atoms with Crippen LogP contribution in [-0.2, 0) is 0 Å². The summed E-state index contributed by atoms with van der Waals surface area (Å²) in [4.78, 5) is 24.4. The second kappa shape index (κ2) is 9.23. The minimum absolute atomic E-state index is 0. The SMILES string of the molecule is Cc1ccc2c(Nc3ccccc3C)c(C(=O)N3CCCCCC3)cnc2n1.Cl.